The molecule has 0 saturated carbocycles. The maximum Gasteiger partial charge on any atom is 0.305 e. The van der Waals surface area contributed by atoms with E-state index in [0.717, 1.165) is 42.4 Å². The van der Waals surface area contributed by atoms with Gasteiger partial charge in [0, 0.05) is 19.5 Å². The molecule has 0 unspecified atom stereocenters. The molecule has 0 bridgehead atoms. The van der Waals surface area contributed by atoms with Crippen LogP contribution in [0.5, 0.6) is 0 Å². The lowest BCUT2D eigenvalue weighted by Crippen LogP contribution is -2.30. The van der Waals surface area contributed by atoms with Gasteiger partial charge in [0.1, 0.15) is 0 Å². The first-order valence-electron chi connectivity index (χ1n) is 10.1. The highest BCUT2D eigenvalue weighted by atomic mass is 32.2. The number of carbonyl (C=O) groups is 1. The van der Waals surface area contributed by atoms with Crippen molar-refractivity contribution < 1.29 is 17.9 Å². The zero-order valence-corrected chi connectivity index (χ0v) is 18.2. The van der Waals surface area contributed by atoms with E-state index in [4.69, 9.17) is 4.74 Å². The van der Waals surface area contributed by atoms with Gasteiger partial charge < -0.3 is 4.74 Å². The van der Waals surface area contributed by atoms with Gasteiger partial charge in [-0.05, 0) is 36.5 Å². The Labute approximate surface area is 174 Å². The largest absolute Gasteiger partial charge is 0.466 e. The monoisotopic (exact) mass is 417 g/mol. The van der Waals surface area contributed by atoms with E-state index in [9.17, 15) is 13.2 Å². The number of hydrogen-bond donors (Lipinski definition) is 0. The van der Waals surface area contributed by atoms with Crippen LogP contribution in [0, 0.1) is 0 Å². The lowest BCUT2D eigenvalue weighted by Gasteiger charge is -2.20. The van der Waals surface area contributed by atoms with Crippen molar-refractivity contribution >= 4 is 16.0 Å². The minimum Gasteiger partial charge on any atom is -0.466 e. The topological polar surface area (TPSA) is 63.7 Å². The fourth-order valence-electron chi connectivity index (χ4n) is 3.14. The van der Waals surface area contributed by atoms with Gasteiger partial charge in [0.05, 0.1) is 12.9 Å². The van der Waals surface area contributed by atoms with Crippen LogP contribution in [-0.2, 0) is 26.1 Å². The summed E-state index contributed by atoms with van der Waals surface area (Å²) in [6.07, 6.45) is 5.01. The van der Waals surface area contributed by atoms with Crippen LogP contribution in [0.1, 0.15) is 44.6 Å². The van der Waals surface area contributed by atoms with Gasteiger partial charge in [-0.1, -0.05) is 67.4 Å². The van der Waals surface area contributed by atoms with E-state index >= 15 is 0 Å². The number of benzene rings is 2. The Bertz CT molecular complexity index is 848. The van der Waals surface area contributed by atoms with Crippen molar-refractivity contribution in [2.75, 3.05) is 19.4 Å². The van der Waals surface area contributed by atoms with E-state index in [1.807, 2.05) is 42.5 Å². The van der Waals surface area contributed by atoms with Crippen molar-refractivity contribution in [2.45, 2.75) is 45.6 Å². The fourth-order valence-corrected chi connectivity index (χ4v) is 3.99. The number of esters is 1. The molecule has 158 valence electrons. The molecule has 6 heteroatoms. The van der Waals surface area contributed by atoms with Gasteiger partial charge in [0.15, 0.2) is 0 Å². The van der Waals surface area contributed by atoms with Crippen LogP contribution in [0.4, 0.5) is 0 Å². The van der Waals surface area contributed by atoms with E-state index in [-0.39, 0.29) is 5.97 Å². The van der Waals surface area contributed by atoms with Gasteiger partial charge in [0.2, 0.25) is 10.0 Å². The van der Waals surface area contributed by atoms with Crippen molar-refractivity contribution in [1.29, 1.82) is 0 Å². The zero-order valence-electron chi connectivity index (χ0n) is 17.3. The molecule has 0 N–H and O–H groups in total. The average molecular weight is 418 g/mol. The molecule has 0 aliphatic carbocycles. The first-order valence-corrected chi connectivity index (χ1v) is 12.0. The third-order valence-corrected chi connectivity index (χ3v) is 5.98. The van der Waals surface area contributed by atoms with Crippen LogP contribution in [0.2, 0.25) is 0 Å². The second kappa shape index (κ2) is 11.7. The quantitative estimate of drug-likeness (QED) is 0.373. The van der Waals surface area contributed by atoms with Gasteiger partial charge >= 0.3 is 5.97 Å². The van der Waals surface area contributed by atoms with Crippen LogP contribution >= 0.6 is 0 Å². The summed E-state index contributed by atoms with van der Waals surface area (Å²) in [4.78, 5) is 11.3. The Morgan fingerprint density at radius 2 is 1.52 bits per heavy atom. The van der Waals surface area contributed by atoms with Gasteiger partial charge in [0.25, 0.3) is 0 Å². The fraction of sp³-hybridized carbons (Fsp3) is 0.435. The molecular formula is C23H31NO4S. The van der Waals surface area contributed by atoms with Crippen LogP contribution < -0.4 is 0 Å². The Kier molecular flexibility index (Phi) is 9.35. The summed E-state index contributed by atoms with van der Waals surface area (Å²) in [5.41, 5.74) is 3.22. The molecule has 0 amide bonds. The van der Waals surface area contributed by atoms with Crippen LogP contribution in [0.15, 0.2) is 54.6 Å². The predicted molar refractivity (Wildman–Crippen MR) is 117 cm³/mol. The third-order valence-electron chi connectivity index (χ3n) is 4.73. The summed E-state index contributed by atoms with van der Waals surface area (Å²) in [5, 5.41) is 0. The van der Waals surface area contributed by atoms with Crippen LogP contribution in [0.25, 0.3) is 11.1 Å². The van der Waals surface area contributed by atoms with E-state index in [0.29, 0.717) is 26.1 Å². The molecule has 0 atom stereocenters. The third kappa shape index (κ3) is 8.38. The minimum atomic E-state index is -3.28. The van der Waals surface area contributed by atoms with Crippen molar-refractivity contribution in [3.63, 3.8) is 0 Å². The predicted octanol–water partition coefficient (Wildman–Crippen LogP) is 4.63. The number of rotatable bonds is 12. The maximum atomic E-state index is 12.2. The Morgan fingerprint density at radius 3 is 2.14 bits per heavy atom. The lowest BCUT2D eigenvalue weighted by molar-refractivity contribution is -0.143. The molecule has 2 aromatic carbocycles. The van der Waals surface area contributed by atoms with E-state index < -0.39 is 10.0 Å². The molecule has 0 fully saturated rings. The molecule has 0 spiro atoms. The molecule has 0 aliphatic heterocycles. The molecule has 5 nitrogen and oxygen atoms in total. The molecule has 0 heterocycles. The van der Waals surface area contributed by atoms with E-state index in [2.05, 4.69) is 12.1 Å². The number of unbranched alkanes of at least 4 members (excludes halogenated alkanes) is 3. The Hall–Kier alpha value is -2.18. The lowest BCUT2D eigenvalue weighted by atomic mass is 10.0. The summed E-state index contributed by atoms with van der Waals surface area (Å²) >= 11 is 0. The highest BCUT2D eigenvalue weighted by molar-refractivity contribution is 7.88. The molecule has 0 aromatic heterocycles. The summed E-state index contributed by atoms with van der Waals surface area (Å²) in [5.74, 6) is -0.163. The number of ether oxygens (including phenoxy) is 1. The smallest absolute Gasteiger partial charge is 0.305 e. The molecule has 0 radical (unpaired) electrons. The summed E-state index contributed by atoms with van der Waals surface area (Å²) in [6.45, 7) is 3.07. The van der Waals surface area contributed by atoms with Crippen molar-refractivity contribution in [1.82, 2.24) is 4.31 Å². The zero-order chi connectivity index (χ0) is 21.1. The summed E-state index contributed by atoms with van der Waals surface area (Å²) in [7, 11) is -3.28. The SMILES string of the molecule is CCOC(=O)CCCCCCN(Cc1ccc(-c2ccccc2)cc1)S(C)(=O)=O. The highest BCUT2D eigenvalue weighted by Crippen LogP contribution is 2.20. The summed E-state index contributed by atoms with van der Waals surface area (Å²) in [6, 6.07) is 18.1. The Balaban J connectivity index is 1.84. The second-order valence-electron chi connectivity index (χ2n) is 7.13. The van der Waals surface area contributed by atoms with Gasteiger partial charge in [-0.25, -0.2) is 8.42 Å². The first kappa shape index (κ1) is 23.1. The Morgan fingerprint density at radius 1 is 0.897 bits per heavy atom. The molecule has 0 aliphatic rings. The maximum absolute atomic E-state index is 12.2. The average Bonchev–Trinajstić information content (AvgIpc) is 2.70. The number of nitrogens with zero attached hydrogens (tertiary/aromatic N) is 1. The highest BCUT2D eigenvalue weighted by Gasteiger charge is 2.16. The molecule has 2 aromatic rings. The molecule has 0 saturated heterocycles. The van der Waals surface area contributed by atoms with Gasteiger partial charge in [-0.15, -0.1) is 0 Å². The van der Waals surface area contributed by atoms with Crippen molar-refractivity contribution in [3.05, 3.63) is 60.2 Å². The number of carbonyl (C=O) groups excluding carboxylic acids is 1. The molecule has 29 heavy (non-hydrogen) atoms. The second-order valence-corrected chi connectivity index (χ2v) is 9.11. The molecular weight excluding hydrogens is 386 g/mol. The van der Waals surface area contributed by atoms with Crippen LogP contribution in [0.3, 0.4) is 0 Å². The van der Waals surface area contributed by atoms with E-state index in [1.165, 1.54) is 10.6 Å². The van der Waals surface area contributed by atoms with Crippen molar-refractivity contribution in [3.8, 4) is 11.1 Å². The molecule has 2 rings (SSSR count). The standard InChI is InChI=1S/C23H31NO4S/c1-3-28-23(25)13-9-4-5-10-18-24(29(2,26)27)19-20-14-16-22(17-15-20)21-11-7-6-8-12-21/h6-8,11-12,14-17H,3-5,9-10,13,18-19H2,1-2H3. The number of hydrogen-bond acceptors (Lipinski definition) is 4. The van der Waals surface area contributed by atoms with Crippen molar-refractivity contribution in [2.24, 2.45) is 0 Å². The normalized spacial score (nSPS) is 11.6. The van der Waals surface area contributed by atoms with Gasteiger partial charge in [-0.3, -0.25) is 4.79 Å². The van der Waals surface area contributed by atoms with E-state index in [1.54, 1.807) is 6.92 Å². The summed E-state index contributed by atoms with van der Waals surface area (Å²) < 4.78 is 30.8. The van der Waals surface area contributed by atoms with Crippen LogP contribution in [-0.4, -0.2) is 38.1 Å². The van der Waals surface area contributed by atoms with Gasteiger partial charge in [-0.2, -0.15) is 4.31 Å². The first-order chi connectivity index (χ1) is 13.9. The number of sulfonamides is 1. The minimum absolute atomic E-state index is 0.163.